The molecule has 22 heavy (non-hydrogen) atoms. The van der Waals surface area contributed by atoms with Crippen LogP contribution in [0.15, 0.2) is 42.5 Å². The van der Waals surface area contributed by atoms with Crippen molar-refractivity contribution in [3.8, 4) is 5.75 Å². The Labute approximate surface area is 140 Å². The lowest BCUT2D eigenvalue weighted by Gasteiger charge is -2.23. The Morgan fingerprint density at radius 1 is 1.09 bits per heavy atom. The average molecular weight is 360 g/mol. The molecule has 7 heteroatoms. The number of halogens is 2. The summed E-state index contributed by atoms with van der Waals surface area (Å²) in [6, 6.07) is 11.9. The fourth-order valence-corrected chi connectivity index (χ4v) is 3.23. The molecule has 2 aromatic rings. The average Bonchev–Trinajstić information content (AvgIpc) is 2.48. The van der Waals surface area contributed by atoms with E-state index in [-0.39, 0.29) is 6.54 Å². The summed E-state index contributed by atoms with van der Waals surface area (Å²) in [5, 5.41) is 0.744. The molecule has 0 heterocycles. The SMILES string of the molecule is COc1ccc(N(Cc2cccc(Cl)c2Cl)S(C)(=O)=O)cc1. The van der Waals surface area contributed by atoms with Gasteiger partial charge in [-0.1, -0.05) is 35.3 Å². The summed E-state index contributed by atoms with van der Waals surface area (Å²) in [6.45, 7) is 0.102. The maximum Gasteiger partial charge on any atom is 0.232 e. The number of nitrogens with zero attached hydrogens (tertiary/aromatic N) is 1. The van der Waals surface area contributed by atoms with E-state index in [1.807, 2.05) is 0 Å². The van der Waals surface area contributed by atoms with Crippen molar-refractivity contribution in [1.29, 1.82) is 0 Å². The Morgan fingerprint density at radius 2 is 1.73 bits per heavy atom. The molecule has 2 rings (SSSR count). The maximum atomic E-state index is 12.1. The van der Waals surface area contributed by atoms with E-state index in [9.17, 15) is 8.42 Å². The second-order valence-corrected chi connectivity index (χ2v) is 7.37. The van der Waals surface area contributed by atoms with Gasteiger partial charge in [0.1, 0.15) is 5.75 Å². The normalized spacial score (nSPS) is 11.3. The molecule has 0 amide bonds. The van der Waals surface area contributed by atoms with E-state index in [4.69, 9.17) is 27.9 Å². The fraction of sp³-hybridized carbons (Fsp3) is 0.200. The summed E-state index contributed by atoms with van der Waals surface area (Å²) in [6.07, 6.45) is 1.15. The minimum atomic E-state index is -3.47. The van der Waals surface area contributed by atoms with Gasteiger partial charge in [0.15, 0.2) is 0 Å². The van der Waals surface area contributed by atoms with Gasteiger partial charge in [0.05, 0.1) is 35.6 Å². The minimum Gasteiger partial charge on any atom is -0.497 e. The van der Waals surface area contributed by atoms with E-state index in [0.717, 1.165) is 6.26 Å². The first-order chi connectivity index (χ1) is 10.3. The quantitative estimate of drug-likeness (QED) is 0.811. The number of ether oxygens (including phenoxy) is 1. The van der Waals surface area contributed by atoms with Gasteiger partial charge in [0, 0.05) is 0 Å². The highest BCUT2D eigenvalue weighted by atomic mass is 35.5. The first kappa shape index (κ1) is 16.9. The van der Waals surface area contributed by atoms with Gasteiger partial charge >= 0.3 is 0 Å². The Hall–Kier alpha value is -1.43. The van der Waals surface area contributed by atoms with E-state index in [1.54, 1.807) is 49.6 Å². The summed E-state index contributed by atoms with van der Waals surface area (Å²) >= 11 is 12.1. The van der Waals surface area contributed by atoms with Gasteiger partial charge in [-0.15, -0.1) is 0 Å². The number of benzene rings is 2. The standard InChI is InChI=1S/C15H15Cl2NO3S/c1-21-13-8-6-12(7-9-13)18(22(2,19)20)10-11-4-3-5-14(16)15(11)17/h3-9H,10H2,1-2H3. The number of hydrogen-bond acceptors (Lipinski definition) is 3. The van der Waals surface area contributed by atoms with E-state index in [2.05, 4.69) is 0 Å². The van der Waals surface area contributed by atoms with Crippen LogP contribution in [-0.2, 0) is 16.6 Å². The number of methoxy groups -OCH3 is 1. The molecule has 0 radical (unpaired) electrons. The van der Waals surface area contributed by atoms with Gasteiger partial charge in [0.2, 0.25) is 10.0 Å². The third-order valence-electron chi connectivity index (χ3n) is 3.11. The molecule has 0 unspecified atom stereocenters. The van der Waals surface area contributed by atoms with Gasteiger partial charge in [-0.25, -0.2) is 8.42 Å². The second kappa shape index (κ2) is 6.77. The molecule has 0 aliphatic carbocycles. The van der Waals surface area contributed by atoms with Crippen LogP contribution < -0.4 is 9.04 Å². The molecule has 0 saturated heterocycles. The van der Waals surface area contributed by atoms with Crippen LogP contribution in [0.4, 0.5) is 5.69 Å². The lowest BCUT2D eigenvalue weighted by atomic mass is 10.2. The van der Waals surface area contributed by atoms with Gasteiger partial charge in [-0.05, 0) is 35.9 Å². The van der Waals surface area contributed by atoms with Crippen LogP contribution >= 0.6 is 23.2 Å². The van der Waals surface area contributed by atoms with E-state index in [1.165, 1.54) is 4.31 Å². The second-order valence-electron chi connectivity index (χ2n) is 4.68. The molecule has 0 atom stereocenters. The van der Waals surface area contributed by atoms with Crippen molar-refractivity contribution in [3.63, 3.8) is 0 Å². The smallest absolute Gasteiger partial charge is 0.232 e. The lowest BCUT2D eigenvalue weighted by molar-refractivity contribution is 0.415. The molecular formula is C15H15Cl2NO3S. The predicted octanol–water partition coefficient (Wildman–Crippen LogP) is 3.97. The highest BCUT2D eigenvalue weighted by Gasteiger charge is 2.19. The molecular weight excluding hydrogens is 345 g/mol. The van der Waals surface area contributed by atoms with E-state index in [0.29, 0.717) is 27.0 Å². The first-order valence-corrected chi connectivity index (χ1v) is 8.98. The molecule has 0 aliphatic rings. The lowest BCUT2D eigenvalue weighted by Crippen LogP contribution is -2.29. The van der Waals surface area contributed by atoms with Crippen molar-refractivity contribution in [1.82, 2.24) is 0 Å². The third-order valence-corrected chi connectivity index (χ3v) is 5.10. The molecule has 4 nitrogen and oxygen atoms in total. The van der Waals surface area contributed by atoms with Gasteiger partial charge in [-0.3, -0.25) is 4.31 Å². The molecule has 0 N–H and O–H groups in total. The number of rotatable bonds is 5. The molecule has 118 valence electrons. The van der Waals surface area contributed by atoms with Gasteiger partial charge in [-0.2, -0.15) is 0 Å². The predicted molar refractivity (Wildman–Crippen MR) is 90.5 cm³/mol. The van der Waals surface area contributed by atoms with E-state index >= 15 is 0 Å². The minimum absolute atomic E-state index is 0.102. The van der Waals surface area contributed by atoms with Crippen LogP contribution in [0.5, 0.6) is 5.75 Å². The van der Waals surface area contributed by atoms with Crippen molar-refractivity contribution in [2.24, 2.45) is 0 Å². The zero-order chi connectivity index (χ0) is 16.3. The van der Waals surface area contributed by atoms with Crippen LogP contribution in [0.3, 0.4) is 0 Å². The van der Waals surface area contributed by atoms with Crippen LogP contribution in [0.25, 0.3) is 0 Å². The molecule has 0 aliphatic heterocycles. The molecule has 0 bridgehead atoms. The van der Waals surface area contributed by atoms with Crippen molar-refractivity contribution in [2.75, 3.05) is 17.7 Å². The highest BCUT2D eigenvalue weighted by Crippen LogP contribution is 2.29. The Morgan fingerprint density at radius 3 is 2.27 bits per heavy atom. The van der Waals surface area contributed by atoms with E-state index < -0.39 is 10.0 Å². The van der Waals surface area contributed by atoms with Crippen LogP contribution in [0.1, 0.15) is 5.56 Å². The topological polar surface area (TPSA) is 46.6 Å². The zero-order valence-electron chi connectivity index (χ0n) is 12.1. The molecule has 0 fully saturated rings. The summed E-state index contributed by atoms with van der Waals surface area (Å²) < 4.78 is 30.6. The van der Waals surface area contributed by atoms with Crippen LogP contribution in [-0.4, -0.2) is 21.8 Å². The van der Waals surface area contributed by atoms with Crippen LogP contribution in [0, 0.1) is 0 Å². The van der Waals surface area contributed by atoms with Gasteiger partial charge in [0.25, 0.3) is 0 Å². The maximum absolute atomic E-state index is 12.1. The first-order valence-electron chi connectivity index (χ1n) is 6.37. The van der Waals surface area contributed by atoms with Crippen molar-refractivity contribution < 1.29 is 13.2 Å². The molecule has 0 spiro atoms. The number of anilines is 1. The summed E-state index contributed by atoms with van der Waals surface area (Å²) in [5.41, 5.74) is 1.16. The zero-order valence-corrected chi connectivity index (χ0v) is 14.4. The summed E-state index contributed by atoms with van der Waals surface area (Å²) in [7, 11) is -1.92. The Bertz CT molecular complexity index is 761. The fourth-order valence-electron chi connectivity index (χ4n) is 1.97. The third kappa shape index (κ3) is 3.85. The molecule has 0 aromatic heterocycles. The summed E-state index contributed by atoms with van der Waals surface area (Å²) in [5.74, 6) is 0.651. The van der Waals surface area contributed by atoms with Crippen LogP contribution in [0.2, 0.25) is 10.0 Å². The summed E-state index contributed by atoms with van der Waals surface area (Å²) in [4.78, 5) is 0. The van der Waals surface area contributed by atoms with Crippen molar-refractivity contribution in [3.05, 3.63) is 58.1 Å². The van der Waals surface area contributed by atoms with Gasteiger partial charge < -0.3 is 4.74 Å². The Balaban J connectivity index is 2.41. The van der Waals surface area contributed by atoms with Crippen molar-refractivity contribution in [2.45, 2.75) is 6.54 Å². The highest BCUT2D eigenvalue weighted by molar-refractivity contribution is 7.92. The Kier molecular flexibility index (Phi) is 5.21. The monoisotopic (exact) mass is 359 g/mol. The molecule has 0 saturated carbocycles. The largest absolute Gasteiger partial charge is 0.497 e. The van der Waals surface area contributed by atoms with Crippen molar-refractivity contribution >= 4 is 38.9 Å². The number of sulfonamides is 1. The number of hydrogen-bond donors (Lipinski definition) is 0. The molecule has 2 aromatic carbocycles.